The molecule has 1 amide bonds. The summed E-state index contributed by atoms with van der Waals surface area (Å²) in [5, 5.41) is 0. The molecule has 158 valence electrons. The van der Waals surface area contributed by atoms with Gasteiger partial charge in [-0.15, -0.1) is 11.6 Å². The van der Waals surface area contributed by atoms with E-state index in [2.05, 4.69) is 4.98 Å². The molecule has 3 aromatic heterocycles. The number of imidazole rings is 1. The smallest absolute Gasteiger partial charge is 0.415 e. The van der Waals surface area contributed by atoms with Gasteiger partial charge in [0.15, 0.2) is 11.5 Å². The number of halogens is 1. The number of nitrogen functional groups attached to an aromatic ring is 1. The Hall–Kier alpha value is -3.65. The van der Waals surface area contributed by atoms with E-state index in [1.807, 2.05) is 47.0 Å². The molecule has 0 radical (unpaired) electrons. The zero-order valence-electron chi connectivity index (χ0n) is 15.8. The van der Waals surface area contributed by atoms with Crippen molar-refractivity contribution in [2.45, 2.75) is 13.3 Å². The zero-order chi connectivity index (χ0) is 20.7. The van der Waals surface area contributed by atoms with Crippen molar-refractivity contribution in [3.05, 3.63) is 60.3 Å². The lowest BCUT2D eigenvalue weighted by atomic mass is 10.2. The van der Waals surface area contributed by atoms with Gasteiger partial charge >= 0.3 is 6.09 Å². The van der Waals surface area contributed by atoms with Gasteiger partial charge in [-0.1, -0.05) is 19.6 Å². The number of anilines is 2. The summed E-state index contributed by atoms with van der Waals surface area (Å²) >= 11 is 5.95. The Kier molecular flexibility index (Phi) is 5.48. The molecule has 1 aromatic carbocycles. The van der Waals surface area contributed by atoms with Crippen LogP contribution >= 0.6 is 11.6 Å². The molecule has 31 heavy (non-hydrogen) atoms. The molecule has 1 aliphatic heterocycles. The third-order valence-electron chi connectivity index (χ3n) is 4.96. The number of pyridine rings is 2. The Morgan fingerprint density at radius 2 is 1.90 bits per heavy atom. The van der Waals surface area contributed by atoms with Gasteiger partial charge in [-0.25, -0.2) is 19.7 Å². The SMILES string of the molecule is C.Nc1ncccc1-c1nc2ccc(N3CCOC3=O)nc2n1-c1ccc(CCl)cc1. The number of hydrogen-bond donors (Lipinski definition) is 1. The monoisotopic (exact) mass is 436 g/mol. The number of nitrogens with zero attached hydrogens (tertiary/aromatic N) is 5. The highest BCUT2D eigenvalue weighted by Gasteiger charge is 2.26. The Bertz CT molecular complexity index is 1250. The Balaban J connectivity index is 0.00000231. The van der Waals surface area contributed by atoms with Crippen LogP contribution in [0.3, 0.4) is 0 Å². The lowest BCUT2D eigenvalue weighted by Crippen LogP contribution is -2.24. The molecule has 8 nitrogen and oxygen atoms in total. The van der Waals surface area contributed by atoms with Gasteiger partial charge in [0.2, 0.25) is 0 Å². The van der Waals surface area contributed by atoms with Gasteiger partial charge in [-0.3, -0.25) is 9.47 Å². The van der Waals surface area contributed by atoms with Gasteiger partial charge < -0.3 is 10.5 Å². The molecule has 0 saturated carbocycles. The van der Waals surface area contributed by atoms with Gasteiger partial charge in [0.25, 0.3) is 0 Å². The van der Waals surface area contributed by atoms with Gasteiger partial charge in [0.05, 0.1) is 12.1 Å². The van der Waals surface area contributed by atoms with Crippen LogP contribution in [0.25, 0.3) is 28.2 Å². The fourth-order valence-corrected chi connectivity index (χ4v) is 3.64. The molecule has 1 aliphatic rings. The molecule has 4 heterocycles. The molecule has 0 spiro atoms. The largest absolute Gasteiger partial charge is 0.447 e. The Morgan fingerprint density at radius 3 is 2.58 bits per heavy atom. The molecule has 0 aliphatic carbocycles. The van der Waals surface area contributed by atoms with E-state index in [0.717, 1.165) is 11.3 Å². The number of amides is 1. The normalized spacial score (nSPS) is 13.3. The summed E-state index contributed by atoms with van der Waals surface area (Å²) in [7, 11) is 0. The lowest BCUT2D eigenvalue weighted by Gasteiger charge is -2.13. The van der Waals surface area contributed by atoms with Crippen LogP contribution < -0.4 is 10.6 Å². The van der Waals surface area contributed by atoms with Crippen molar-refractivity contribution in [2.24, 2.45) is 0 Å². The third-order valence-corrected chi connectivity index (χ3v) is 5.26. The maximum absolute atomic E-state index is 12.0. The first-order valence-corrected chi connectivity index (χ1v) is 9.89. The second-order valence-electron chi connectivity index (χ2n) is 6.79. The summed E-state index contributed by atoms with van der Waals surface area (Å²) < 4.78 is 6.96. The van der Waals surface area contributed by atoms with Gasteiger partial charge in [-0.2, -0.15) is 0 Å². The molecule has 0 atom stereocenters. The number of fused-ring (bicyclic) bond motifs is 1. The summed E-state index contributed by atoms with van der Waals surface area (Å²) in [6, 6.07) is 15.1. The number of hydrogen-bond acceptors (Lipinski definition) is 6. The summed E-state index contributed by atoms with van der Waals surface area (Å²) in [6.07, 6.45) is 1.23. The molecule has 9 heteroatoms. The molecule has 1 saturated heterocycles. The summed E-state index contributed by atoms with van der Waals surface area (Å²) in [4.78, 5) is 27.2. The molecular formula is C22H21ClN6O2. The highest BCUT2D eigenvalue weighted by atomic mass is 35.5. The van der Waals surface area contributed by atoms with Gasteiger partial charge in [0, 0.05) is 17.8 Å². The average molecular weight is 437 g/mol. The summed E-state index contributed by atoms with van der Waals surface area (Å²) in [5.74, 6) is 1.92. The quantitative estimate of drug-likeness (QED) is 0.476. The van der Waals surface area contributed by atoms with Crippen molar-refractivity contribution in [1.82, 2.24) is 19.5 Å². The predicted molar refractivity (Wildman–Crippen MR) is 121 cm³/mol. The van der Waals surface area contributed by atoms with E-state index in [4.69, 9.17) is 32.0 Å². The first kappa shape index (κ1) is 20.6. The van der Waals surface area contributed by atoms with Crippen molar-refractivity contribution in [1.29, 1.82) is 0 Å². The molecular weight excluding hydrogens is 416 g/mol. The number of cyclic esters (lactones) is 1. The van der Waals surface area contributed by atoms with Crippen LogP contribution in [0.2, 0.25) is 0 Å². The lowest BCUT2D eigenvalue weighted by molar-refractivity contribution is 0.181. The number of aromatic nitrogens is 4. The zero-order valence-corrected chi connectivity index (χ0v) is 16.6. The van der Waals surface area contributed by atoms with E-state index in [1.165, 1.54) is 4.90 Å². The van der Waals surface area contributed by atoms with Crippen molar-refractivity contribution >= 4 is 40.5 Å². The van der Waals surface area contributed by atoms with E-state index in [0.29, 0.717) is 53.2 Å². The molecule has 1 fully saturated rings. The van der Waals surface area contributed by atoms with Crippen LogP contribution in [0.15, 0.2) is 54.7 Å². The number of rotatable bonds is 4. The second-order valence-corrected chi connectivity index (χ2v) is 7.05. The minimum atomic E-state index is -0.406. The van der Waals surface area contributed by atoms with E-state index >= 15 is 0 Å². The molecule has 0 unspecified atom stereocenters. The van der Waals surface area contributed by atoms with Crippen molar-refractivity contribution in [2.75, 3.05) is 23.8 Å². The van der Waals surface area contributed by atoms with E-state index in [9.17, 15) is 4.79 Å². The second kappa shape index (κ2) is 8.23. The highest BCUT2D eigenvalue weighted by molar-refractivity contribution is 6.17. The first-order valence-electron chi connectivity index (χ1n) is 9.35. The van der Waals surface area contributed by atoms with Crippen LogP contribution in [-0.2, 0) is 10.6 Å². The number of carbonyl (C=O) groups is 1. The third kappa shape index (κ3) is 3.55. The molecule has 2 N–H and O–H groups in total. The number of carbonyl (C=O) groups excluding carboxylic acids is 1. The fourth-order valence-electron chi connectivity index (χ4n) is 3.47. The van der Waals surface area contributed by atoms with E-state index in [1.54, 1.807) is 12.3 Å². The van der Waals surface area contributed by atoms with Crippen molar-refractivity contribution in [3.63, 3.8) is 0 Å². The van der Waals surface area contributed by atoms with Crippen LogP contribution in [0.4, 0.5) is 16.4 Å². The number of ether oxygens (including phenoxy) is 1. The minimum absolute atomic E-state index is 0. The van der Waals surface area contributed by atoms with Crippen LogP contribution in [-0.4, -0.2) is 38.8 Å². The number of nitrogens with two attached hydrogens (primary N) is 1. The van der Waals surface area contributed by atoms with Crippen LogP contribution in [0.1, 0.15) is 13.0 Å². The Labute approximate surface area is 184 Å². The standard InChI is InChI=1S/C21H17ClN6O2.CH4/c22-12-13-3-5-14(6-4-13)28-19(15-2-1-9-24-18(15)23)25-16-7-8-17(26-20(16)28)27-10-11-30-21(27)29;/h1-9H,10-12H2,(H2,23,24);1H4. The van der Waals surface area contributed by atoms with Gasteiger partial charge in [-0.05, 0) is 42.0 Å². The Morgan fingerprint density at radius 1 is 1.10 bits per heavy atom. The van der Waals surface area contributed by atoms with Crippen LogP contribution in [0.5, 0.6) is 0 Å². The molecule has 0 bridgehead atoms. The maximum atomic E-state index is 12.0. The topological polar surface area (TPSA) is 99.2 Å². The van der Waals surface area contributed by atoms with Crippen molar-refractivity contribution < 1.29 is 9.53 Å². The van der Waals surface area contributed by atoms with E-state index < -0.39 is 6.09 Å². The van der Waals surface area contributed by atoms with E-state index in [-0.39, 0.29) is 7.43 Å². The number of alkyl halides is 1. The van der Waals surface area contributed by atoms with Crippen LogP contribution in [0, 0.1) is 0 Å². The molecule has 4 aromatic rings. The summed E-state index contributed by atoms with van der Waals surface area (Å²) in [6.45, 7) is 0.799. The number of benzene rings is 1. The highest BCUT2D eigenvalue weighted by Crippen LogP contribution is 2.31. The fraction of sp³-hybridized carbons (Fsp3) is 0.182. The van der Waals surface area contributed by atoms with Crippen molar-refractivity contribution in [3.8, 4) is 17.1 Å². The summed E-state index contributed by atoms with van der Waals surface area (Å²) in [5.41, 5.74) is 9.96. The predicted octanol–water partition coefficient (Wildman–Crippen LogP) is 4.40. The maximum Gasteiger partial charge on any atom is 0.415 e. The minimum Gasteiger partial charge on any atom is -0.447 e. The molecule has 5 rings (SSSR count). The average Bonchev–Trinajstić information content (AvgIpc) is 3.37. The van der Waals surface area contributed by atoms with Gasteiger partial charge in [0.1, 0.15) is 23.8 Å². The first-order chi connectivity index (χ1) is 14.7.